The van der Waals surface area contributed by atoms with E-state index in [1.807, 2.05) is 13.8 Å². The molecule has 1 aliphatic carbocycles. The number of likely N-dealkylation sites (tertiary alicyclic amines) is 1. The molecule has 2 aromatic rings. The number of fused-ring (bicyclic) bond motifs is 1. The number of hydrogen-bond donors (Lipinski definition) is 2. The van der Waals surface area contributed by atoms with Crippen molar-refractivity contribution in [1.29, 1.82) is 0 Å². The summed E-state index contributed by atoms with van der Waals surface area (Å²) in [6.07, 6.45) is 0.496. The van der Waals surface area contributed by atoms with Crippen molar-refractivity contribution in [2.45, 2.75) is 63.9 Å². The molecule has 10 heteroatoms. The Morgan fingerprint density at radius 2 is 1.88 bits per heavy atom. The van der Waals surface area contributed by atoms with Crippen LogP contribution >= 0.6 is 0 Å². The predicted molar refractivity (Wildman–Crippen MR) is 123 cm³/mol. The van der Waals surface area contributed by atoms with E-state index in [4.69, 9.17) is 5.73 Å². The van der Waals surface area contributed by atoms with Gasteiger partial charge in [0.1, 0.15) is 12.1 Å². The van der Waals surface area contributed by atoms with Gasteiger partial charge in [-0.3, -0.25) is 9.69 Å². The molecule has 1 aliphatic heterocycles. The van der Waals surface area contributed by atoms with Gasteiger partial charge in [-0.25, -0.2) is 9.97 Å². The molecule has 2 fully saturated rings. The highest BCUT2D eigenvalue weighted by Gasteiger charge is 2.40. The summed E-state index contributed by atoms with van der Waals surface area (Å²) >= 11 is 0. The number of carbonyl (C=O) groups excluding carboxylic acids is 1. The number of carbonyl (C=O) groups is 1. The van der Waals surface area contributed by atoms with Crippen LogP contribution < -0.4 is 10.6 Å². The second-order valence-corrected chi connectivity index (χ2v) is 9.93. The van der Waals surface area contributed by atoms with E-state index in [1.165, 1.54) is 12.4 Å². The number of nitrogens with two attached hydrogens (primary N) is 1. The Balaban J connectivity index is 1.49. The van der Waals surface area contributed by atoms with Crippen molar-refractivity contribution in [2.75, 3.05) is 24.5 Å². The van der Waals surface area contributed by atoms with E-state index >= 15 is 0 Å². The van der Waals surface area contributed by atoms with Crippen LogP contribution in [0.5, 0.6) is 0 Å². The fourth-order valence-electron chi connectivity index (χ4n) is 5.33. The van der Waals surface area contributed by atoms with Gasteiger partial charge in [-0.15, -0.1) is 0 Å². The molecule has 2 aliphatic rings. The molecule has 7 nitrogen and oxygen atoms in total. The molecular formula is C24H32F3N5O2. The number of aromatic nitrogens is 2. The number of primary amides is 1. The highest BCUT2D eigenvalue weighted by atomic mass is 19.4. The van der Waals surface area contributed by atoms with E-state index in [9.17, 15) is 23.1 Å². The molecule has 0 radical (unpaired) electrons. The van der Waals surface area contributed by atoms with E-state index in [0.29, 0.717) is 36.4 Å². The van der Waals surface area contributed by atoms with Crippen molar-refractivity contribution in [2.24, 2.45) is 17.6 Å². The van der Waals surface area contributed by atoms with Gasteiger partial charge in [-0.1, -0.05) is 13.8 Å². The van der Waals surface area contributed by atoms with Crippen LogP contribution in [0.2, 0.25) is 0 Å². The van der Waals surface area contributed by atoms with Gasteiger partial charge in [0.05, 0.1) is 29.8 Å². The van der Waals surface area contributed by atoms with Crippen LogP contribution in [0.25, 0.3) is 10.9 Å². The minimum atomic E-state index is -4.49. The lowest BCUT2D eigenvalue weighted by atomic mass is 9.78. The molecule has 3 N–H and O–H groups in total. The summed E-state index contributed by atoms with van der Waals surface area (Å²) in [7, 11) is 0. The van der Waals surface area contributed by atoms with E-state index in [1.54, 1.807) is 4.90 Å². The smallest absolute Gasteiger partial charge is 0.393 e. The molecule has 1 atom stereocenters. The first kappa shape index (κ1) is 24.7. The maximum absolute atomic E-state index is 13.3. The first-order valence-electron chi connectivity index (χ1n) is 11.8. The van der Waals surface area contributed by atoms with Gasteiger partial charge in [0.2, 0.25) is 5.91 Å². The van der Waals surface area contributed by atoms with Crippen LogP contribution in [0.15, 0.2) is 24.5 Å². The lowest BCUT2D eigenvalue weighted by Gasteiger charge is -2.50. The zero-order chi connectivity index (χ0) is 24.6. The van der Waals surface area contributed by atoms with Crippen LogP contribution in [0, 0.1) is 11.8 Å². The number of alkyl halides is 3. The Morgan fingerprint density at radius 3 is 2.47 bits per heavy atom. The molecule has 1 aromatic heterocycles. The monoisotopic (exact) mass is 479 g/mol. The molecule has 2 heterocycles. The van der Waals surface area contributed by atoms with E-state index in [0.717, 1.165) is 37.8 Å². The van der Waals surface area contributed by atoms with Crippen LogP contribution in [-0.4, -0.2) is 63.7 Å². The Labute approximate surface area is 197 Å². The molecule has 186 valence electrons. The standard InChI is InChI=1S/C24H32F3N5O2/c1-14(2)22(34)15-3-6-17(7-4-15)31-10-18(11-31)32(12-21(28)33)23-19-9-16(24(25,26)27)5-8-20(19)29-13-30-23/h5,8-9,13-15,17-18,22,34H,3-4,6-7,10-12H2,1-2H3,(H2,28,33). The first-order valence-corrected chi connectivity index (χ1v) is 11.8. The van der Waals surface area contributed by atoms with E-state index in [2.05, 4.69) is 14.9 Å². The molecule has 1 saturated carbocycles. The Kier molecular flexibility index (Phi) is 7.00. The molecule has 1 aromatic carbocycles. The largest absolute Gasteiger partial charge is 0.416 e. The van der Waals surface area contributed by atoms with E-state index in [-0.39, 0.29) is 30.0 Å². The Morgan fingerprint density at radius 1 is 1.21 bits per heavy atom. The molecule has 4 rings (SSSR count). The highest BCUT2D eigenvalue weighted by molar-refractivity contribution is 5.92. The topological polar surface area (TPSA) is 95.6 Å². The molecule has 1 saturated heterocycles. The molecular weight excluding hydrogens is 447 g/mol. The highest BCUT2D eigenvalue weighted by Crippen LogP contribution is 2.37. The van der Waals surface area contributed by atoms with Gasteiger partial charge < -0.3 is 15.7 Å². The van der Waals surface area contributed by atoms with Crippen LogP contribution in [0.3, 0.4) is 0 Å². The van der Waals surface area contributed by atoms with Crippen molar-refractivity contribution < 1.29 is 23.1 Å². The number of hydrogen-bond acceptors (Lipinski definition) is 6. The minimum Gasteiger partial charge on any atom is -0.393 e. The summed E-state index contributed by atoms with van der Waals surface area (Å²) in [6.45, 7) is 5.31. The summed E-state index contributed by atoms with van der Waals surface area (Å²) in [5.41, 5.74) is 5.09. The summed E-state index contributed by atoms with van der Waals surface area (Å²) in [5.74, 6) is 0.302. The average Bonchev–Trinajstić information content (AvgIpc) is 2.75. The lowest BCUT2D eigenvalue weighted by Crippen LogP contribution is -2.64. The third-order valence-corrected chi connectivity index (χ3v) is 7.29. The summed E-state index contributed by atoms with van der Waals surface area (Å²) in [5, 5.41) is 10.6. The second kappa shape index (κ2) is 9.65. The number of anilines is 1. The van der Waals surface area contributed by atoms with Crippen molar-refractivity contribution in [3.8, 4) is 0 Å². The lowest BCUT2D eigenvalue weighted by molar-refractivity contribution is -0.137. The zero-order valence-corrected chi connectivity index (χ0v) is 19.5. The second-order valence-electron chi connectivity index (χ2n) is 9.93. The zero-order valence-electron chi connectivity index (χ0n) is 19.5. The van der Waals surface area contributed by atoms with Gasteiger partial charge in [-0.05, 0) is 55.7 Å². The normalized spacial score (nSPS) is 23.1. The van der Waals surface area contributed by atoms with Crippen molar-refractivity contribution >= 4 is 22.6 Å². The quantitative estimate of drug-likeness (QED) is 0.633. The first-order chi connectivity index (χ1) is 16.0. The number of aliphatic hydroxyl groups is 1. The number of amides is 1. The Bertz CT molecular complexity index is 1020. The van der Waals surface area contributed by atoms with Gasteiger partial charge in [0.15, 0.2) is 0 Å². The number of benzene rings is 1. The van der Waals surface area contributed by atoms with Crippen molar-refractivity contribution in [1.82, 2.24) is 14.9 Å². The van der Waals surface area contributed by atoms with Crippen LogP contribution in [0.4, 0.5) is 19.0 Å². The SMILES string of the molecule is CC(C)C(O)C1CCC(N2CC(N(CC(N)=O)c3ncnc4ccc(C(F)(F)F)cc34)C2)CC1. The summed E-state index contributed by atoms with van der Waals surface area (Å²) < 4.78 is 40.0. The number of nitrogens with zero attached hydrogens (tertiary/aromatic N) is 4. The number of rotatable bonds is 7. The molecule has 0 spiro atoms. The maximum atomic E-state index is 13.3. The predicted octanol–water partition coefficient (Wildman–Crippen LogP) is 3.20. The summed E-state index contributed by atoms with van der Waals surface area (Å²) in [6, 6.07) is 3.68. The third-order valence-electron chi connectivity index (χ3n) is 7.29. The molecule has 0 bridgehead atoms. The number of halogens is 3. The fraction of sp³-hybridized carbons (Fsp3) is 0.625. The molecule has 1 unspecified atom stereocenters. The molecule has 34 heavy (non-hydrogen) atoms. The summed E-state index contributed by atoms with van der Waals surface area (Å²) in [4.78, 5) is 24.3. The minimum absolute atomic E-state index is 0.0841. The van der Waals surface area contributed by atoms with Crippen molar-refractivity contribution in [3.05, 3.63) is 30.1 Å². The molecule has 1 amide bonds. The van der Waals surface area contributed by atoms with Gasteiger partial charge in [-0.2, -0.15) is 13.2 Å². The Hall–Kier alpha value is -2.46. The van der Waals surface area contributed by atoms with Gasteiger partial charge in [0.25, 0.3) is 0 Å². The van der Waals surface area contributed by atoms with Crippen LogP contribution in [-0.2, 0) is 11.0 Å². The number of aliphatic hydroxyl groups excluding tert-OH is 1. The van der Waals surface area contributed by atoms with Crippen molar-refractivity contribution in [3.63, 3.8) is 0 Å². The average molecular weight is 480 g/mol. The fourth-order valence-corrected chi connectivity index (χ4v) is 5.33. The maximum Gasteiger partial charge on any atom is 0.416 e. The van der Waals surface area contributed by atoms with Crippen LogP contribution in [0.1, 0.15) is 45.1 Å². The van der Waals surface area contributed by atoms with Gasteiger partial charge in [0, 0.05) is 24.5 Å². The third kappa shape index (κ3) is 5.12. The van der Waals surface area contributed by atoms with Gasteiger partial charge >= 0.3 is 6.18 Å². The van der Waals surface area contributed by atoms with E-state index < -0.39 is 17.6 Å².